The lowest BCUT2D eigenvalue weighted by Gasteiger charge is -2.34. The van der Waals surface area contributed by atoms with Gasteiger partial charge in [-0.15, -0.1) is 0 Å². The molecule has 1 saturated heterocycles. The number of hydrogen-bond donors (Lipinski definition) is 2. The summed E-state index contributed by atoms with van der Waals surface area (Å²) in [5, 5.41) is 0. The van der Waals surface area contributed by atoms with E-state index in [-0.39, 0.29) is 17.5 Å². The second-order valence-corrected chi connectivity index (χ2v) is 8.94. The summed E-state index contributed by atoms with van der Waals surface area (Å²) in [5.74, 6) is -0.785. The lowest BCUT2D eigenvalue weighted by Crippen LogP contribution is -2.37. The van der Waals surface area contributed by atoms with Gasteiger partial charge in [-0.1, -0.05) is 12.1 Å². The number of nitrogens with one attached hydrogen (secondary N) is 2. The largest absolute Gasteiger partial charge is 0.417 e. The third-order valence-electron chi connectivity index (χ3n) is 6.79. The summed E-state index contributed by atoms with van der Waals surface area (Å²) in [6.07, 6.45) is 3.27. The number of para-hydroxylation sites is 2. The van der Waals surface area contributed by atoms with Crippen LogP contribution in [0, 0.1) is 6.92 Å². The molecule has 2 aromatic carbocycles. The molecule has 0 unspecified atom stereocenters. The van der Waals surface area contributed by atoms with Crippen LogP contribution in [0.25, 0.3) is 22.1 Å². The minimum absolute atomic E-state index is 0.0769. The maximum absolute atomic E-state index is 13.2. The molecule has 5 aromatic rings. The molecule has 0 aliphatic carbocycles. The summed E-state index contributed by atoms with van der Waals surface area (Å²) in [4.78, 5) is 49.4. The number of benzene rings is 2. The van der Waals surface area contributed by atoms with Crippen LogP contribution < -0.4 is 16.3 Å². The van der Waals surface area contributed by atoms with Crippen LogP contribution in [0.1, 0.15) is 40.5 Å². The maximum Gasteiger partial charge on any atom is 0.417 e. The van der Waals surface area contributed by atoms with Gasteiger partial charge in [-0.05, 0) is 61.7 Å². The second kappa shape index (κ2) is 8.12. The number of oxazole rings is 1. The van der Waals surface area contributed by atoms with Crippen molar-refractivity contribution in [1.29, 1.82) is 0 Å². The number of fused-ring (bicyclic) bond motifs is 2. The van der Waals surface area contributed by atoms with Gasteiger partial charge in [0, 0.05) is 36.6 Å². The smallest absolute Gasteiger partial charge is 0.408 e. The van der Waals surface area contributed by atoms with Crippen molar-refractivity contribution < 1.29 is 9.21 Å². The first-order valence-corrected chi connectivity index (χ1v) is 11.6. The molecule has 6 rings (SSSR count). The fourth-order valence-electron chi connectivity index (χ4n) is 5.06. The molecule has 35 heavy (non-hydrogen) atoms. The van der Waals surface area contributed by atoms with Gasteiger partial charge in [-0.25, -0.2) is 9.59 Å². The van der Waals surface area contributed by atoms with Crippen LogP contribution in [0.3, 0.4) is 0 Å². The normalized spacial score (nSPS) is 14.7. The third kappa shape index (κ3) is 3.65. The molecule has 4 heterocycles. The van der Waals surface area contributed by atoms with Crippen molar-refractivity contribution in [2.75, 3.05) is 18.0 Å². The second-order valence-electron chi connectivity index (χ2n) is 8.94. The van der Waals surface area contributed by atoms with Crippen molar-refractivity contribution in [1.82, 2.24) is 19.5 Å². The molecule has 0 saturated carbocycles. The first-order chi connectivity index (χ1) is 17.0. The van der Waals surface area contributed by atoms with Crippen LogP contribution in [0.5, 0.6) is 0 Å². The molecule has 0 bridgehead atoms. The molecular weight excluding hydrogens is 446 g/mol. The Balaban J connectivity index is 1.23. The number of aromatic nitrogens is 4. The molecule has 1 fully saturated rings. The zero-order valence-corrected chi connectivity index (χ0v) is 19.1. The van der Waals surface area contributed by atoms with E-state index in [1.807, 2.05) is 41.8 Å². The monoisotopic (exact) mass is 469 g/mol. The summed E-state index contributed by atoms with van der Waals surface area (Å²) >= 11 is 0. The van der Waals surface area contributed by atoms with E-state index in [0.29, 0.717) is 22.4 Å². The number of aryl methyl sites for hydroxylation is 1. The fourth-order valence-corrected chi connectivity index (χ4v) is 5.06. The molecule has 0 radical (unpaired) electrons. The zero-order valence-electron chi connectivity index (χ0n) is 19.1. The van der Waals surface area contributed by atoms with E-state index in [2.05, 4.69) is 19.9 Å². The van der Waals surface area contributed by atoms with Gasteiger partial charge < -0.3 is 14.3 Å². The quantitative estimate of drug-likeness (QED) is 0.389. The van der Waals surface area contributed by atoms with Gasteiger partial charge in [0.05, 0.1) is 16.6 Å². The molecule has 1 aliphatic heterocycles. The van der Waals surface area contributed by atoms with Crippen molar-refractivity contribution >= 4 is 33.6 Å². The van der Waals surface area contributed by atoms with Crippen molar-refractivity contribution in [2.45, 2.75) is 25.8 Å². The number of nitrogens with zero attached hydrogens (tertiary/aromatic N) is 3. The number of rotatable bonds is 4. The number of H-pyrrole nitrogens is 2. The number of carbonyl (C=O) groups excluding carboxylic acids is 1. The highest BCUT2D eigenvalue weighted by Crippen LogP contribution is 2.28. The highest BCUT2D eigenvalue weighted by Gasteiger charge is 2.24. The molecule has 176 valence electrons. The van der Waals surface area contributed by atoms with E-state index in [9.17, 15) is 14.4 Å². The third-order valence-corrected chi connectivity index (χ3v) is 6.79. The molecule has 3 aromatic heterocycles. The topological polar surface area (TPSA) is 117 Å². The summed E-state index contributed by atoms with van der Waals surface area (Å²) < 4.78 is 7.02. The average Bonchev–Trinajstić information content (AvgIpc) is 3.42. The summed E-state index contributed by atoms with van der Waals surface area (Å²) in [6.45, 7) is 3.33. The van der Waals surface area contributed by atoms with Crippen LogP contribution in [0.2, 0.25) is 0 Å². The van der Waals surface area contributed by atoms with Crippen LogP contribution in [0.4, 0.5) is 5.69 Å². The number of piperidine rings is 1. The van der Waals surface area contributed by atoms with E-state index in [0.717, 1.165) is 48.2 Å². The Morgan fingerprint density at radius 3 is 2.69 bits per heavy atom. The Morgan fingerprint density at radius 1 is 1.06 bits per heavy atom. The fraction of sp³-hybridized carbons (Fsp3) is 0.231. The van der Waals surface area contributed by atoms with Gasteiger partial charge in [0.25, 0.3) is 0 Å². The molecule has 9 nitrogen and oxygen atoms in total. The predicted molar refractivity (Wildman–Crippen MR) is 132 cm³/mol. The van der Waals surface area contributed by atoms with Crippen molar-refractivity contribution in [2.24, 2.45) is 0 Å². The van der Waals surface area contributed by atoms with Crippen LogP contribution in [-0.2, 0) is 0 Å². The summed E-state index contributed by atoms with van der Waals surface area (Å²) in [7, 11) is 0. The number of pyridine rings is 1. The number of ketones is 1. The van der Waals surface area contributed by atoms with E-state index in [1.165, 1.54) is 0 Å². The molecular formula is C26H23N5O4. The van der Waals surface area contributed by atoms with Crippen LogP contribution in [-0.4, -0.2) is 38.4 Å². The van der Waals surface area contributed by atoms with E-state index in [4.69, 9.17) is 4.42 Å². The number of carbonyl (C=O) groups is 1. The van der Waals surface area contributed by atoms with Gasteiger partial charge in [0.15, 0.2) is 5.58 Å². The standard InChI is InChI=1S/C26H23N5O4/c1-15-12-16(13-22-23(15)29-26(34)35-22)24(32)20-14-18(6-9-27-20)30-10-7-17(8-11-30)31-21-5-3-2-4-19(21)28-25(31)33/h2-6,9,12-14,17H,7-8,10-11H2,1H3,(H,28,33)(H,29,34). The van der Waals surface area contributed by atoms with E-state index >= 15 is 0 Å². The average molecular weight is 470 g/mol. The van der Waals surface area contributed by atoms with Crippen molar-refractivity contribution in [3.05, 3.63) is 92.6 Å². The molecule has 1 aliphatic rings. The zero-order chi connectivity index (χ0) is 24.1. The van der Waals surface area contributed by atoms with E-state index < -0.39 is 5.76 Å². The number of imidazole rings is 1. The molecule has 2 N–H and O–H groups in total. The minimum atomic E-state index is -0.550. The van der Waals surface area contributed by atoms with Gasteiger partial charge in [0.2, 0.25) is 5.78 Å². The summed E-state index contributed by atoms with van der Waals surface area (Å²) in [5.41, 5.74) is 5.06. The van der Waals surface area contributed by atoms with Crippen molar-refractivity contribution in [3.63, 3.8) is 0 Å². The SMILES string of the molecule is Cc1cc(C(=O)c2cc(N3CCC(n4c(=O)[nH]c5ccccc54)CC3)ccn2)cc2oc(=O)[nH]c12. The lowest BCUT2D eigenvalue weighted by molar-refractivity contribution is 0.103. The van der Waals surface area contributed by atoms with Gasteiger partial charge in [0.1, 0.15) is 5.69 Å². The van der Waals surface area contributed by atoms with Crippen LogP contribution >= 0.6 is 0 Å². The lowest BCUT2D eigenvalue weighted by atomic mass is 10.0. The highest BCUT2D eigenvalue weighted by molar-refractivity contribution is 6.09. The molecule has 0 spiro atoms. The number of hydrogen-bond acceptors (Lipinski definition) is 6. The maximum atomic E-state index is 13.2. The molecule has 9 heteroatoms. The Bertz CT molecular complexity index is 1700. The Morgan fingerprint density at radius 2 is 1.86 bits per heavy atom. The Labute approximate surface area is 199 Å². The molecule has 0 amide bonds. The predicted octanol–water partition coefficient (Wildman–Crippen LogP) is 3.54. The van der Waals surface area contributed by atoms with Crippen LogP contribution in [0.15, 0.2) is 68.7 Å². The Kier molecular flexibility index (Phi) is 4.91. The highest BCUT2D eigenvalue weighted by atomic mass is 16.4. The van der Waals surface area contributed by atoms with Crippen molar-refractivity contribution in [3.8, 4) is 0 Å². The molecule has 0 atom stereocenters. The Hall–Kier alpha value is -4.40. The summed E-state index contributed by atoms with van der Waals surface area (Å²) in [6, 6.07) is 14.9. The minimum Gasteiger partial charge on any atom is -0.408 e. The number of anilines is 1. The van der Waals surface area contributed by atoms with E-state index in [1.54, 1.807) is 24.4 Å². The number of aromatic amines is 2. The van der Waals surface area contributed by atoms with Gasteiger partial charge >= 0.3 is 11.4 Å². The first-order valence-electron chi connectivity index (χ1n) is 11.6. The van der Waals surface area contributed by atoms with Gasteiger partial charge in [-0.3, -0.25) is 19.3 Å². The van der Waals surface area contributed by atoms with Gasteiger partial charge in [-0.2, -0.15) is 0 Å². The first kappa shape index (κ1) is 21.2.